The zero-order valence-electron chi connectivity index (χ0n) is 10.4. The minimum Gasteiger partial charge on any atom is -0.479 e. The van der Waals surface area contributed by atoms with E-state index < -0.39 is 11.4 Å². The van der Waals surface area contributed by atoms with E-state index >= 15 is 0 Å². The number of hydrogen-bond acceptors (Lipinski definition) is 2. The third-order valence-electron chi connectivity index (χ3n) is 3.55. The molecule has 0 aliphatic carbocycles. The molecule has 0 fully saturated rings. The predicted octanol–water partition coefficient (Wildman–Crippen LogP) is 4.06. The van der Waals surface area contributed by atoms with Gasteiger partial charge in [0.2, 0.25) is 0 Å². The molecule has 5 heteroatoms. The lowest BCUT2D eigenvalue weighted by atomic mass is 9.90. The second-order valence-corrected chi connectivity index (χ2v) is 5.93. The van der Waals surface area contributed by atoms with Crippen molar-refractivity contribution in [3.05, 3.63) is 62.8 Å². The molecule has 2 aromatic carbocycles. The molecule has 104 valence electrons. The SMILES string of the molecule is OC[C@@]1(c2ccccc2)Cc2c(cc(F)c(Cl)c2Br)O1. The van der Waals surface area contributed by atoms with Gasteiger partial charge in [-0.15, -0.1) is 0 Å². The van der Waals surface area contributed by atoms with E-state index in [1.54, 1.807) is 0 Å². The molecule has 1 aliphatic heterocycles. The maximum Gasteiger partial charge on any atom is 0.161 e. The molecular weight excluding hydrogens is 347 g/mol. The van der Waals surface area contributed by atoms with Crippen molar-refractivity contribution >= 4 is 27.5 Å². The topological polar surface area (TPSA) is 29.5 Å². The Morgan fingerprint density at radius 2 is 2.05 bits per heavy atom. The Kier molecular flexibility index (Phi) is 3.48. The third kappa shape index (κ3) is 2.03. The van der Waals surface area contributed by atoms with Gasteiger partial charge in [0.1, 0.15) is 11.6 Å². The Hall–Kier alpha value is -1.10. The fraction of sp³-hybridized carbons (Fsp3) is 0.200. The van der Waals surface area contributed by atoms with E-state index in [9.17, 15) is 9.50 Å². The standard InChI is InChI=1S/C15H11BrClFO2/c16-13-10-7-15(8-19,9-4-2-1-3-5-9)20-12(10)6-11(18)14(13)17/h1-6,19H,7-8H2/t15-/m1/s1. The predicted molar refractivity (Wildman–Crippen MR) is 78.6 cm³/mol. The summed E-state index contributed by atoms with van der Waals surface area (Å²) >= 11 is 9.21. The minimum absolute atomic E-state index is 0.0363. The van der Waals surface area contributed by atoms with Gasteiger partial charge in [-0.1, -0.05) is 41.9 Å². The zero-order chi connectivity index (χ0) is 14.3. The van der Waals surface area contributed by atoms with Crippen LogP contribution < -0.4 is 4.74 Å². The van der Waals surface area contributed by atoms with Gasteiger partial charge in [0.05, 0.1) is 11.6 Å². The van der Waals surface area contributed by atoms with E-state index in [1.807, 2.05) is 30.3 Å². The average molecular weight is 358 g/mol. The molecule has 3 rings (SSSR count). The molecule has 1 N–H and O–H groups in total. The molecule has 1 heterocycles. The number of aliphatic hydroxyl groups is 1. The van der Waals surface area contributed by atoms with E-state index in [2.05, 4.69) is 15.9 Å². The van der Waals surface area contributed by atoms with Crippen molar-refractivity contribution in [2.75, 3.05) is 6.61 Å². The van der Waals surface area contributed by atoms with Gasteiger partial charge in [-0.05, 0) is 21.5 Å². The van der Waals surface area contributed by atoms with E-state index in [0.29, 0.717) is 16.6 Å². The van der Waals surface area contributed by atoms with Crippen molar-refractivity contribution < 1.29 is 14.2 Å². The number of rotatable bonds is 2. The number of aliphatic hydroxyl groups excluding tert-OH is 1. The van der Waals surface area contributed by atoms with Crippen LogP contribution in [0.1, 0.15) is 11.1 Å². The van der Waals surface area contributed by atoms with Crippen molar-refractivity contribution in [2.24, 2.45) is 0 Å². The number of halogens is 3. The van der Waals surface area contributed by atoms with Gasteiger partial charge < -0.3 is 9.84 Å². The summed E-state index contributed by atoms with van der Waals surface area (Å²) in [6.45, 7) is -0.197. The van der Waals surface area contributed by atoms with E-state index in [4.69, 9.17) is 16.3 Å². The minimum atomic E-state index is -0.886. The summed E-state index contributed by atoms with van der Waals surface area (Å²) in [5.41, 5.74) is 0.736. The van der Waals surface area contributed by atoms with Crippen LogP contribution in [0.4, 0.5) is 4.39 Å². The van der Waals surface area contributed by atoms with Gasteiger partial charge in [0.15, 0.2) is 5.60 Å². The molecule has 0 bridgehead atoms. The third-order valence-corrected chi connectivity index (χ3v) is 5.02. The lowest BCUT2D eigenvalue weighted by molar-refractivity contribution is 0.0246. The smallest absolute Gasteiger partial charge is 0.161 e. The summed E-state index contributed by atoms with van der Waals surface area (Å²) in [6, 6.07) is 10.7. The summed E-state index contributed by atoms with van der Waals surface area (Å²) in [7, 11) is 0. The van der Waals surface area contributed by atoms with Crippen LogP contribution in [0.5, 0.6) is 5.75 Å². The maximum absolute atomic E-state index is 13.7. The van der Waals surface area contributed by atoms with Crippen molar-refractivity contribution in [1.29, 1.82) is 0 Å². The Morgan fingerprint density at radius 3 is 2.70 bits per heavy atom. The molecular formula is C15H11BrClFO2. The van der Waals surface area contributed by atoms with Crippen LogP contribution >= 0.6 is 27.5 Å². The average Bonchev–Trinajstić information content (AvgIpc) is 2.86. The van der Waals surface area contributed by atoms with Crippen molar-refractivity contribution in [3.8, 4) is 5.75 Å². The van der Waals surface area contributed by atoms with Gasteiger partial charge in [-0.3, -0.25) is 0 Å². The number of benzene rings is 2. The Balaban J connectivity index is 2.10. The molecule has 0 unspecified atom stereocenters. The lowest BCUT2D eigenvalue weighted by Gasteiger charge is -2.27. The highest BCUT2D eigenvalue weighted by atomic mass is 79.9. The van der Waals surface area contributed by atoms with Crippen LogP contribution in [-0.2, 0) is 12.0 Å². The molecule has 1 aliphatic rings. The first-order valence-corrected chi connectivity index (χ1v) is 7.26. The van der Waals surface area contributed by atoms with Crippen molar-refractivity contribution in [1.82, 2.24) is 0 Å². The highest BCUT2D eigenvalue weighted by Gasteiger charge is 2.42. The zero-order valence-corrected chi connectivity index (χ0v) is 12.7. The van der Waals surface area contributed by atoms with Crippen molar-refractivity contribution in [3.63, 3.8) is 0 Å². The first-order valence-electron chi connectivity index (χ1n) is 6.09. The van der Waals surface area contributed by atoms with Gasteiger partial charge in [0, 0.05) is 22.5 Å². The van der Waals surface area contributed by atoms with Crippen LogP contribution in [-0.4, -0.2) is 11.7 Å². The van der Waals surface area contributed by atoms with E-state index in [0.717, 1.165) is 11.1 Å². The van der Waals surface area contributed by atoms with Crippen LogP contribution in [0.15, 0.2) is 40.9 Å². The molecule has 1 atom stereocenters. The molecule has 0 radical (unpaired) electrons. The maximum atomic E-state index is 13.7. The van der Waals surface area contributed by atoms with Gasteiger partial charge in [0.25, 0.3) is 0 Å². The molecule has 0 aromatic heterocycles. The molecule has 2 aromatic rings. The summed E-state index contributed by atoms with van der Waals surface area (Å²) in [6.07, 6.45) is 0.434. The Morgan fingerprint density at radius 1 is 1.35 bits per heavy atom. The Labute approximate surface area is 129 Å². The van der Waals surface area contributed by atoms with Gasteiger partial charge in [-0.25, -0.2) is 4.39 Å². The largest absolute Gasteiger partial charge is 0.479 e. The summed E-state index contributed by atoms with van der Waals surface area (Å²) in [5, 5.41) is 9.84. The second-order valence-electron chi connectivity index (χ2n) is 4.76. The highest BCUT2D eigenvalue weighted by Crippen LogP contribution is 2.47. The Bertz CT molecular complexity index is 663. The monoisotopic (exact) mass is 356 g/mol. The normalized spacial score (nSPS) is 20.6. The van der Waals surface area contributed by atoms with E-state index in [-0.39, 0.29) is 11.6 Å². The first kappa shape index (κ1) is 13.9. The summed E-state index contributed by atoms with van der Waals surface area (Å²) in [4.78, 5) is 0. The summed E-state index contributed by atoms with van der Waals surface area (Å²) in [5.74, 6) is -0.129. The van der Waals surface area contributed by atoms with Crippen LogP contribution in [0.3, 0.4) is 0 Å². The number of ether oxygens (including phenoxy) is 1. The van der Waals surface area contributed by atoms with Crippen molar-refractivity contribution in [2.45, 2.75) is 12.0 Å². The highest BCUT2D eigenvalue weighted by molar-refractivity contribution is 9.10. The molecule has 0 saturated carbocycles. The fourth-order valence-electron chi connectivity index (χ4n) is 2.48. The fourth-order valence-corrected chi connectivity index (χ4v) is 3.17. The van der Waals surface area contributed by atoms with Crippen LogP contribution in [0, 0.1) is 5.82 Å². The van der Waals surface area contributed by atoms with Gasteiger partial charge >= 0.3 is 0 Å². The summed E-state index contributed by atoms with van der Waals surface area (Å²) < 4.78 is 20.0. The van der Waals surface area contributed by atoms with Crippen LogP contribution in [0.2, 0.25) is 5.02 Å². The molecule has 2 nitrogen and oxygen atoms in total. The molecule has 0 amide bonds. The van der Waals surface area contributed by atoms with Crippen LogP contribution in [0.25, 0.3) is 0 Å². The first-order chi connectivity index (χ1) is 9.57. The number of hydrogen-bond donors (Lipinski definition) is 1. The van der Waals surface area contributed by atoms with E-state index in [1.165, 1.54) is 6.07 Å². The molecule has 0 saturated heterocycles. The van der Waals surface area contributed by atoms with Gasteiger partial charge in [-0.2, -0.15) is 0 Å². The second kappa shape index (κ2) is 5.02. The molecule has 0 spiro atoms. The number of fused-ring (bicyclic) bond motifs is 1. The lowest BCUT2D eigenvalue weighted by Crippen LogP contribution is -2.35. The quantitative estimate of drug-likeness (QED) is 0.821. The molecule has 20 heavy (non-hydrogen) atoms.